The van der Waals surface area contributed by atoms with Crippen LogP contribution in [0.5, 0.6) is 5.75 Å². The Morgan fingerprint density at radius 2 is 1.85 bits per heavy atom. The quantitative estimate of drug-likeness (QED) is 0.309. The van der Waals surface area contributed by atoms with Gasteiger partial charge in [-0.2, -0.15) is 0 Å². The van der Waals surface area contributed by atoms with Gasteiger partial charge in [0.1, 0.15) is 11.6 Å². The van der Waals surface area contributed by atoms with E-state index in [0.717, 1.165) is 16.8 Å². The summed E-state index contributed by atoms with van der Waals surface area (Å²) in [6.07, 6.45) is 15.9. The molecule has 0 spiro atoms. The van der Waals surface area contributed by atoms with Crippen LogP contribution in [0.15, 0.2) is 109 Å². The lowest BCUT2D eigenvalue weighted by molar-refractivity contribution is 0.475. The Morgan fingerprint density at radius 1 is 1.08 bits per heavy atom. The highest BCUT2D eigenvalue weighted by atomic mass is 16.3. The molecule has 1 aliphatic heterocycles. The third-order valence-electron chi connectivity index (χ3n) is 3.67. The Morgan fingerprint density at radius 3 is 2.50 bits per heavy atom. The molecule has 130 valence electrons. The van der Waals surface area contributed by atoms with Gasteiger partial charge in [0.15, 0.2) is 0 Å². The molecule has 0 aromatic heterocycles. The van der Waals surface area contributed by atoms with E-state index in [1.165, 1.54) is 0 Å². The van der Waals surface area contributed by atoms with E-state index in [-0.39, 0.29) is 12.7 Å². The largest absolute Gasteiger partial charge is 0.508 e. The number of phenolic OH excluding ortho intramolecular Hbond substituents is 1. The monoisotopic (exact) mass is 343 g/mol. The first-order valence-electron chi connectivity index (χ1n) is 8.14. The van der Waals surface area contributed by atoms with Crippen molar-refractivity contribution in [3.63, 3.8) is 0 Å². The number of fused-ring (bicyclic) bond motifs is 1. The normalized spacial score (nSPS) is 14.5. The Labute approximate surface area is 155 Å². The second kappa shape index (κ2) is 9.13. The average Bonchev–Trinajstić information content (AvgIpc) is 3.00. The molecule has 1 aromatic rings. The van der Waals surface area contributed by atoms with Crippen LogP contribution < -0.4 is 10.0 Å². The molecule has 1 aromatic carbocycles. The van der Waals surface area contributed by atoms with E-state index in [4.69, 9.17) is 0 Å². The number of phenols is 1. The smallest absolute Gasteiger partial charge is 0.414 e. The predicted octanol–water partition coefficient (Wildman–Crippen LogP) is 4.79. The van der Waals surface area contributed by atoms with E-state index in [1.54, 1.807) is 48.7 Å². The molecule has 1 aliphatic rings. The summed E-state index contributed by atoms with van der Waals surface area (Å²) in [7, 11) is 0. The van der Waals surface area contributed by atoms with Gasteiger partial charge in [0.25, 0.3) is 0 Å². The third kappa shape index (κ3) is 4.13. The van der Waals surface area contributed by atoms with Crippen LogP contribution >= 0.6 is 0 Å². The number of nitrogens with zero attached hydrogens (tertiary/aromatic N) is 2. The summed E-state index contributed by atoms with van der Waals surface area (Å²) in [6.45, 7) is 14.7. The summed E-state index contributed by atoms with van der Waals surface area (Å²) < 4.78 is 0. The average molecular weight is 343 g/mol. The lowest BCUT2D eigenvalue weighted by Gasteiger charge is -2.25. The molecular weight excluding hydrogens is 321 g/mol. The van der Waals surface area contributed by atoms with Crippen molar-refractivity contribution >= 4 is 24.6 Å². The summed E-state index contributed by atoms with van der Waals surface area (Å²) in [5, 5.41) is 13.4. The van der Waals surface area contributed by atoms with Crippen molar-refractivity contribution in [3.8, 4) is 5.75 Å². The fourth-order valence-electron chi connectivity index (χ4n) is 2.65. The van der Waals surface area contributed by atoms with Crippen LogP contribution in [0.1, 0.15) is 0 Å². The van der Waals surface area contributed by atoms with Crippen molar-refractivity contribution in [2.75, 3.05) is 10.0 Å². The maximum atomic E-state index is 9.96. The standard InChI is InChI=1S/C21H22BN3O/c1-5-9-12-17(10-6-2)22-24-19-14-13-18(26)16-20(19)25(22)21(11-7-3)23-15-8-4/h5-16,24,26H,1-4H2/b12-9-,17-10+,21-11+,23-15-. The van der Waals surface area contributed by atoms with Crippen LogP contribution in [-0.4, -0.2) is 18.3 Å². The van der Waals surface area contributed by atoms with Crippen molar-refractivity contribution in [1.82, 2.24) is 0 Å². The molecule has 0 saturated carbocycles. The van der Waals surface area contributed by atoms with Crippen LogP contribution in [0.4, 0.5) is 11.4 Å². The van der Waals surface area contributed by atoms with Gasteiger partial charge >= 0.3 is 6.98 Å². The van der Waals surface area contributed by atoms with Crippen molar-refractivity contribution in [2.24, 2.45) is 4.99 Å². The maximum Gasteiger partial charge on any atom is 0.414 e. The fourth-order valence-corrected chi connectivity index (χ4v) is 2.65. The summed E-state index contributed by atoms with van der Waals surface area (Å²) >= 11 is 0. The van der Waals surface area contributed by atoms with E-state index in [2.05, 4.69) is 36.5 Å². The van der Waals surface area contributed by atoms with Crippen molar-refractivity contribution in [1.29, 1.82) is 0 Å². The molecular formula is C21H22BN3O. The molecule has 1 heterocycles. The van der Waals surface area contributed by atoms with Gasteiger partial charge in [-0.15, -0.1) is 0 Å². The van der Waals surface area contributed by atoms with Crippen LogP contribution in [0.2, 0.25) is 0 Å². The highest BCUT2D eigenvalue weighted by Crippen LogP contribution is 2.40. The number of hydrogen-bond acceptors (Lipinski definition) is 4. The first-order chi connectivity index (χ1) is 12.7. The number of aromatic hydroxyl groups is 1. The predicted molar refractivity (Wildman–Crippen MR) is 115 cm³/mol. The molecule has 0 saturated heterocycles. The zero-order chi connectivity index (χ0) is 18.9. The zero-order valence-electron chi connectivity index (χ0n) is 14.7. The summed E-state index contributed by atoms with van der Waals surface area (Å²) in [5.74, 6) is 0.835. The van der Waals surface area contributed by atoms with Gasteiger partial charge in [-0.05, 0) is 23.7 Å². The van der Waals surface area contributed by atoms with Crippen LogP contribution in [0.25, 0.3) is 0 Å². The number of nitrogens with one attached hydrogen (secondary N) is 1. The zero-order valence-corrected chi connectivity index (χ0v) is 14.7. The molecule has 0 radical (unpaired) electrons. The minimum Gasteiger partial charge on any atom is -0.508 e. The van der Waals surface area contributed by atoms with Gasteiger partial charge in [-0.3, -0.25) is 0 Å². The molecule has 0 aliphatic carbocycles. The SMILES string of the molecule is C=C/C=C\C(=C/C=C)B1Nc2ccc(O)cc2N1C(=C/C=C)/N=C\C=C. The van der Waals surface area contributed by atoms with E-state index in [0.29, 0.717) is 5.82 Å². The summed E-state index contributed by atoms with van der Waals surface area (Å²) in [5.41, 5.74) is 2.66. The molecule has 2 rings (SSSR count). The Hall–Kier alpha value is -3.47. The van der Waals surface area contributed by atoms with Crippen LogP contribution in [0.3, 0.4) is 0 Å². The molecule has 0 unspecified atom stereocenters. The van der Waals surface area contributed by atoms with E-state index < -0.39 is 0 Å². The lowest BCUT2D eigenvalue weighted by Crippen LogP contribution is -2.41. The molecule has 4 nitrogen and oxygen atoms in total. The van der Waals surface area contributed by atoms with E-state index in [9.17, 15) is 5.11 Å². The highest BCUT2D eigenvalue weighted by molar-refractivity contribution is 6.77. The molecule has 5 heteroatoms. The van der Waals surface area contributed by atoms with Crippen molar-refractivity contribution in [2.45, 2.75) is 0 Å². The Bertz CT molecular complexity index is 834. The Kier molecular flexibility index (Phi) is 6.63. The van der Waals surface area contributed by atoms with Gasteiger partial charge in [0.2, 0.25) is 0 Å². The van der Waals surface area contributed by atoms with E-state index in [1.807, 2.05) is 29.1 Å². The van der Waals surface area contributed by atoms with Gasteiger partial charge in [0, 0.05) is 18.0 Å². The van der Waals surface area contributed by atoms with Crippen molar-refractivity contribution < 1.29 is 5.11 Å². The van der Waals surface area contributed by atoms with Crippen LogP contribution in [0, 0.1) is 0 Å². The molecule has 0 atom stereocenters. The van der Waals surface area contributed by atoms with E-state index >= 15 is 0 Å². The number of allylic oxidation sites excluding steroid dienone is 9. The minimum absolute atomic E-state index is 0.178. The summed E-state index contributed by atoms with van der Waals surface area (Å²) in [6, 6.07) is 5.18. The first-order valence-corrected chi connectivity index (χ1v) is 8.14. The molecule has 0 fully saturated rings. The van der Waals surface area contributed by atoms with Gasteiger partial charge in [0.05, 0.1) is 5.69 Å². The van der Waals surface area contributed by atoms with Crippen LogP contribution in [-0.2, 0) is 0 Å². The second-order valence-corrected chi connectivity index (χ2v) is 5.39. The lowest BCUT2D eigenvalue weighted by atomic mass is 9.65. The highest BCUT2D eigenvalue weighted by Gasteiger charge is 2.37. The van der Waals surface area contributed by atoms with Crippen molar-refractivity contribution in [3.05, 3.63) is 104 Å². The summed E-state index contributed by atoms with van der Waals surface area (Å²) in [4.78, 5) is 6.45. The molecule has 0 bridgehead atoms. The third-order valence-corrected chi connectivity index (χ3v) is 3.67. The number of benzene rings is 1. The molecule has 26 heavy (non-hydrogen) atoms. The van der Waals surface area contributed by atoms with Gasteiger partial charge < -0.3 is 15.1 Å². The number of anilines is 2. The van der Waals surface area contributed by atoms with Gasteiger partial charge in [-0.1, -0.05) is 68.8 Å². The number of rotatable bonds is 8. The Balaban J connectivity index is 2.63. The minimum atomic E-state index is -0.242. The number of aliphatic imine (C=N–C) groups is 1. The topological polar surface area (TPSA) is 47.9 Å². The molecule has 2 N–H and O–H groups in total. The van der Waals surface area contributed by atoms with Gasteiger partial charge in [-0.25, -0.2) is 4.99 Å². The maximum absolute atomic E-state index is 9.96. The fraction of sp³-hybridized carbons (Fsp3) is 0. The number of hydrogen-bond donors (Lipinski definition) is 2. The second-order valence-electron chi connectivity index (χ2n) is 5.39. The first kappa shape index (κ1) is 18.9. The molecule has 0 amide bonds.